The van der Waals surface area contributed by atoms with Gasteiger partial charge in [-0.15, -0.1) is 0 Å². The van der Waals surface area contributed by atoms with Gasteiger partial charge < -0.3 is 24.2 Å². The van der Waals surface area contributed by atoms with Crippen LogP contribution in [0.15, 0.2) is 70.0 Å². The Bertz CT molecular complexity index is 1310. The number of para-hydroxylation sites is 1. The number of carbonyl (C=O) groups excluding carboxylic acids is 2. The number of methoxy groups -OCH3 is 1. The van der Waals surface area contributed by atoms with Crippen LogP contribution in [0.4, 0.5) is 0 Å². The molecule has 0 saturated heterocycles. The number of H-pyrrole nitrogens is 1. The molecule has 1 atom stereocenters. The van der Waals surface area contributed by atoms with Gasteiger partial charge in [0.05, 0.1) is 7.11 Å². The van der Waals surface area contributed by atoms with E-state index < -0.39 is 23.5 Å². The summed E-state index contributed by atoms with van der Waals surface area (Å²) in [5.41, 5.74) is 1.72. The van der Waals surface area contributed by atoms with Crippen molar-refractivity contribution >= 4 is 33.7 Å². The summed E-state index contributed by atoms with van der Waals surface area (Å²) in [6.45, 7) is -0.316. The maximum atomic E-state index is 12.4. The van der Waals surface area contributed by atoms with Crippen molar-refractivity contribution in [1.29, 1.82) is 0 Å². The van der Waals surface area contributed by atoms with E-state index in [4.69, 9.17) is 13.9 Å². The molecular formula is C23H20N2O6. The highest BCUT2D eigenvalue weighted by Crippen LogP contribution is 2.20. The van der Waals surface area contributed by atoms with E-state index in [1.54, 1.807) is 18.2 Å². The minimum absolute atomic E-state index is 0.267. The van der Waals surface area contributed by atoms with Gasteiger partial charge >= 0.3 is 11.6 Å². The number of fused-ring (bicyclic) bond motifs is 2. The van der Waals surface area contributed by atoms with Crippen LogP contribution in [0.1, 0.15) is 5.56 Å². The van der Waals surface area contributed by atoms with Crippen LogP contribution in [0, 0.1) is 0 Å². The summed E-state index contributed by atoms with van der Waals surface area (Å²) in [5.74, 6) is -0.667. The second kappa shape index (κ2) is 8.74. The fourth-order valence-electron chi connectivity index (χ4n) is 3.37. The van der Waals surface area contributed by atoms with Gasteiger partial charge in [-0.25, -0.2) is 9.59 Å². The smallest absolute Gasteiger partial charge is 0.336 e. The second-order valence-corrected chi connectivity index (χ2v) is 6.95. The minimum Gasteiger partial charge on any atom is -0.484 e. The summed E-state index contributed by atoms with van der Waals surface area (Å²) >= 11 is 0. The lowest BCUT2D eigenvalue weighted by molar-refractivity contribution is -0.145. The third kappa shape index (κ3) is 4.58. The molecule has 2 aromatic heterocycles. The van der Waals surface area contributed by atoms with Gasteiger partial charge in [0.1, 0.15) is 17.4 Å². The number of nitrogens with one attached hydrogen (secondary N) is 2. The molecule has 0 saturated carbocycles. The molecule has 4 aromatic rings. The zero-order valence-electron chi connectivity index (χ0n) is 16.7. The Morgan fingerprint density at radius 1 is 1.13 bits per heavy atom. The zero-order valence-corrected chi connectivity index (χ0v) is 16.7. The molecule has 158 valence electrons. The Kier molecular flexibility index (Phi) is 5.70. The van der Waals surface area contributed by atoms with E-state index in [0.717, 1.165) is 21.9 Å². The molecule has 2 aromatic carbocycles. The number of hydrogen-bond donors (Lipinski definition) is 2. The van der Waals surface area contributed by atoms with Crippen LogP contribution in [0.5, 0.6) is 5.75 Å². The maximum Gasteiger partial charge on any atom is 0.336 e. The van der Waals surface area contributed by atoms with Crippen molar-refractivity contribution in [2.75, 3.05) is 13.7 Å². The van der Waals surface area contributed by atoms with E-state index in [1.165, 1.54) is 19.2 Å². The number of benzene rings is 2. The molecule has 31 heavy (non-hydrogen) atoms. The normalized spacial score (nSPS) is 11.9. The average molecular weight is 420 g/mol. The summed E-state index contributed by atoms with van der Waals surface area (Å²) in [6, 6.07) is 14.7. The fourth-order valence-corrected chi connectivity index (χ4v) is 3.37. The SMILES string of the molecule is COC(=O)C(Cc1c[nH]c2ccccc12)NC(=O)COc1ccc2ccc(=O)oc2c1. The number of aromatic amines is 1. The van der Waals surface area contributed by atoms with Crippen molar-refractivity contribution in [3.63, 3.8) is 0 Å². The Labute approximate surface area is 176 Å². The van der Waals surface area contributed by atoms with Crippen LogP contribution in [-0.2, 0) is 20.7 Å². The lowest BCUT2D eigenvalue weighted by Crippen LogP contribution is -2.44. The van der Waals surface area contributed by atoms with Crippen molar-refractivity contribution in [2.45, 2.75) is 12.5 Å². The van der Waals surface area contributed by atoms with E-state index in [0.29, 0.717) is 11.3 Å². The van der Waals surface area contributed by atoms with Crippen molar-refractivity contribution in [3.05, 3.63) is 76.8 Å². The number of amides is 1. The molecule has 0 aliphatic carbocycles. The lowest BCUT2D eigenvalue weighted by atomic mass is 10.0. The van der Waals surface area contributed by atoms with Gasteiger partial charge in [-0.3, -0.25) is 4.79 Å². The Morgan fingerprint density at radius 3 is 2.77 bits per heavy atom. The Morgan fingerprint density at radius 2 is 1.94 bits per heavy atom. The molecule has 0 aliphatic heterocycles. The van der Waals surface area contributed by atoms with E-state index >= 15 is 0 Å². The van der Waals surface area contributed by atoms with Crippen LogP contribution >= 0.6 is 0 Å². The first-order chi connectivity index (χ1) is 15.0. The van der Waals surface area contributed by atoms with Crippen LogP contribution in [0.3, 0.4) is 0 Å². The first kappa shape index (κ1) is 20.2. The molecule has 8 nitrogen and oxygen atoms in total. The number of hydrogen-bond acceptors (Lipinski definition) is 6. The van der Waals surface area contributed by atoms with Crippen molar-refractivity contribution in [1.82, 2.24) is 10.3 Å². The van der Waals surface area contributed by atoms with Gasteiger partial charge in [0.15, 0.2) is 6.61 Å². The summed E-state index contributed by atoms with van der Waals surface area (Å²) in [4.78, 5) is 39.2. The minimum atomic E-state index is -0.866. The third-order valence-corrected chi connectivity index (χ3v) is 4.88. The van der Waals surface area contributed by atoms with Crippen molar-refractivity contribution < 1.29 is 23.5 Å². The summed E-state index contributed by atoms with van der Waals surface area (Å²) in [6.07, 6.45) is 2.08. The molecule has 0 bridgehead atoms. The summed E-state index contributed by atoms with van der Waals surface area (Å²) < 4.78 is 15.5. The molecule has 4 rings (SSSR count). The second-order valence-electron chi connectivity index (χ2n) is 6.95. The van der Waals surface area contributed by atoms with Gasteiger partial charge in [0.25, 0.3) is 5.91 Å². The number of carbonyl (C=O) groups is 2. The molecule has 0 radical (unpaired) electrons. The first-order valence-electron chi connectivity index (χ1n) is 9.62. The standard InChI is InChI=1S/C23H20N2O6/c1-29-23(28)19(10-15-12-24-18-5-3-2-4-17(15)18)25-21(26)13-30-16-8-6-14-7-9-22(27)31-20(14)11-16/h2-9,11-12,19,24H,10,13H2,1H3,(H,25,26). The predicted octanol–water partition coefficient (Wildman–Crippen LogP) is 2.55. The van der Waals surface area contributed by atoms with E-state index in [9.17, 15) is 14.4 Å². The summed E-state index contributed by atoms with van der Waals surface area (Å²) in [5, 5.41) is 4.37. The largest absolute Gasteiger partial charge is 0.484 e. The third-order valence-electron chi connectivity index (χ3n) is 4.88. The number of rotatable bonds is 7. The molecule has 0 spiro atoms. The number of aromatic nitrogens is 1. The Balaban J connectivity index is 1.43. The number of esters is 1. The molecule has 0 fully saturated rings. The molecule has 0 aliphatic rings. The van der Waals surface area contributed by atoms with E-state index in [2.05, 4.69) is 10.3 Å². The predicted molar refractivity (Wildman–Crippen MR) is 114 cm³/mol. The highest BCUT2D eigenvalue weighted by molar-refractivity contribution is 5.87. The highest BCUT2D eigenvalue weighted by Gasteiger charge is 2.23. The van der Waals surface area contributed by atoms with Crippen LogP contribution in [-0.4, -0.2) is 36.6 Å². The lowest BCUT2D eigenvalue weighted by Gasteiger charge is -2.16. The topological polar surface area (TPSA) is 111 Å². The molecule has 1 unspecified atom stereocenters. The first-order valence-corrected chi connectivity index (χ1v) is 9.62. The van der Waals surface area contributed by atoms with E-state index in [-0.39, 0.29) is 13.0 Å². The van der Waals surface area contributed by atoms with Gasteiger partial charge in [-0.2, -0.15) is 0 Å². The molecule has 8 heteroatoms. The maximum absolute atomic E-state index is 12.4. The van der Waals surface area contributed by atoms with Gasteiger partial charge in [0.2, 0.25) is 0 Å². The number of ether oxygens (including phenoxy) is 2. The van der Waals surface area contributed by atoms with Gasteiger partial charge in [-0.05, 0) is 29.8 Å². The van der Waals surface area contributed by atoms with Gasteiger partial charge in [-0.1, -0.05) is 18.2 Å². The summed E-state index contributed by atoms with van der Waals surface area (Å²) in [7, 11) is 1.27. The molecular weight excluding hydrogens is 400 g/mol. The van der Waals surface area contributed by atoms with Crippen LogP contribution in [0.2, 0.25) is 0 Å². The Hall–Kier alpha value is -4.07. The van der Waals surface area contributed by atoms with Crippen molar-refractivity contribution in [3.8, 4) is 5.75 Å². The molecule has 1 amide bonds. The molecule has 2 heterocycles. The van der Waals surface area contributed by atoms with Crippen molar-refractivity contribution in [2.24, 2.45) is 0 Å². The molecule has 2 N–H and O–H groups in total. The van der Waals surface area contributed by atoms with Crippen LogP contribution in [0.25, 0.3) is 21.9 Å². The quantitative estimate of drug-likeness (QED) is 0.351. The van der Waals surface area contributed by atoms with Crippen LogP contribution < -0.4 is 15.7 Å². The monoisotopic (exact) mass is 420 g/mol. The van der Waals surface area contributed by atoms with E-state index in [1.807, 2.05) is 30.5 Å². The highest BCUT2D eigenvalue weighted by atomic mass is 16.5. The fraction of sp³-hybridized carbons (Fsp3) is 0.174. The average Bonchev–Trinajstić information content (AvgIpc) is 3.19. The van der Waals surface area contributed by atoms with Gasteiger partial charge in [0, 0.05) is 41.0 Å². The zero-order chi connectivity index (χ0) is 21.8.